The van der Waals surface area contributed by atoms with Crippen LogP contribution in [-0.2, 0) is 0 Å². The first-order valence-corrected chi connectivity index (χ1v) is 7.12. The van der Waals surface area contributed by atoms with Crippen molar-refractivity contribution in [1.82, 2.24) is 5.32 Å². The van der Waals surface area contributed by atoms with Gasteiger partial charge in [-0.1, -0.05) is 20.3 Å². The summed E-state index contributed by atoms with van der Waals surface area (Å²) in [6, 6.07) is 0. The van der Waals surface area contributed by atoms with Crippen LogP contribution >= 0.6 is 0 Å². The van der Waals surface area contributed by atoms with E-state index in [9.17, 15) is 15.3 Å². The number of aliphatic hydroxyl groups excluding tert-OH is 2. The van der Waals surface area contributed by atoms with Gasteiger partial charge in [0.25, 0.3) is 0 Å². The summed E-state index contributed by atoms with van der Waals surface area (Å²) in [5.41, 5.74) is -1.10. The van der Waals surface area contributed by atoms with E-state index < -0.39 is 11.0 Å². The zero-order valence-electron chi connectivity index (χ0n) is 11.8. The van der Waals surface area contributed by atoms with Gasteiger partial charge in [-0.2, -0.15) is 0 Å². The van der Waals surface area contributed by atoms with Gasteiger partial charge < -0.3 is 20.6 Å². The second-order valence-corrected chi connectivity index (χ2v) is 6.31. The van der Waals surface area contributed by atoms with E-state index in [4.69, 9.17) is 0 Å². The van der Waals surface area contributed by atoms with Gasteiger partial charge in [-0.3, -0.25) is 0 Å². The van der Waals surface area contributed by atoms with Gasteiger partial charge in [-0.25, -0.2) is 0 Å². The molecule has 18 heavy (non-hydrogen) atoms. The summed E-state index contributed by atoms with van der Waals surface area (Å²) >= 11 is 0. The molecular formula is C14H29NO3. The molecule has 1 fully saturated rings. The van der Waals surface area contributed by atoms with E-state index in [2.05, 4.69) is 12.2 Å². The SMILES string of the molecule is CCC1CCC(O)(CNCC(C)(CO)CO)CC1. The Bertz CT molecular complexity index is 233. The van der Waals surface area contributed by atoms with Gasteiger partial charge in [0.15, 0.2) is 0 Å². The molecule has 0 spiro atoms. The molecule has 1 aliphatic carbocycles. The van der Waals surface area contributed by atoms with Crippen molar-refractivity contribution >= 4 is 0 Å². The molecular weight excluding hydrogens is 230 g/mol. The predicted molar refractivity (Wildman–Crippen MR) is 72.3 cm³/mol. The normalized spacial score (nSPS) is 29.5. The fourth-order valence-electron chi connectivity index (χ4n) is 2.56. The minimum Gasteiger partial charge on any atom is -0.396 e. The third-order valence-electron chi connectivity index (χ3n) is 4.38. The Kier molecular flexibility index (Phi) is 6.05. The van der Waals surface area contributed by atoms with Gasteiger partial charge >= 0.3 is 0 Å². The first-order valence-electron chi connectivity index (χ1n) is 7.12. The van der Waals surface area contributed by atoms with Crippen LogP contribution in [0.25, 0.3) is 0 Å². The maximum atomic E-state index is 10.4. The molecule has 1 saturated carbocycles. The van der Waals surface area contributed by atoms with Gasteiger partial charge in [0.1, 0.15) is 0 Å². The highest BCUT2D eigenvalue weighted by Crippen LogP contribution is 2.33. The summed E-state index contributed by atoms with van der Waals surface area (Å²) in [5, 5.41) is 32.0. The third kappa shape index (κ3) is 4.50. The first kappa shape index (κ1) is 15.9. The maximum absolute atomic E-state index is 10.4. The van der Waals surface area contributed by atoms with Crippen LogP contribution in [0.15, 0.2) is 0 Å². The van der Waals surface area contributed by atoms with Crippen LogP contribution in [-0.4, -0.2) is 47.2 Å². The molecule has 0 heterocycles. The molecule has 0 atom stereocenters. The summed E-state index contributed by atoms with van der Waals surface area (Å²) in [6.07, 6.45) is 5.12. The molecule has 0 unspecified atom stereocenters. The molecule has 0 saturated heterocycles. The molecule has 4 N–H and O–H groups in total. The molecule has 0 radical (unpaired) electrons. The van der Waals surface area contributed by atoms with E-state index in [0.717, 1.165) is 31.6 Å². The lowest BCUT2D eigenvalue weighted by atomic mass is 9.77. The van der Waals surface area contributed by atoms with Crippen LogP contribution in [0.4, 0.5) is 0 Å². The van der Waals surface area contributed by atoms with Crippen molar-refractivity contribution in [2.45, 2.75) is 51.6 Å². The third-order valence-corrected chi connectivity index (χ3v) is 4.38. The van der Waals surface area contributed by atoms with E-state index >= 15 is 0 Å². The van der Waals surface area contributed by atoms with Gasteiger partial charge in [-0.15, -0.1) is 0 Å². The Hall–Kier alpha value is -0.160. The summed E-state index contributed by atoms with van der Waals surface area (Å²) in [4.78, 5) is 0. The van der Waals surface area contributed by atoms with Crippen LogP contribution in [0.5, 0.6) is 0 Å². The highest BCUT2D eigenvalue weighted by Gasteiger charge is 2.33. The lowest BCUT2D eigenvalue weighted by Crippen LogP contribution is -2.47. The minimum atomic E-state index is -0.600. The highest BCUT2D eigenvalue weighted by atomic mass is 16.3. The van der Waals surface area contributed by atoms with Crippen molar-refractivity contribution in [1.29, 1.82) is 0 Å². The summed E-state index contributed by atoms with van der Waals surface area (Å²) in [6.45, 7) is 5.03. The molecule has 1 rings (SSSR count). The number of hydrogen-bond acceptors (Lipinski definition) is 4. The standard InChI is InChI=1S/C14H29NO3/c1-3-12-4-6-14(18,7-5-12)9-15-8-13(2,10-16)11-17/h12,15-18H,3-11H2,1-2H3. The fourth-order valence-corrected chi connectivity index (χ4v) is 2.56. The van der Waals surface area contributed by atoms with Crippen molar-refractivity contribution < 1.29 is 15.3 Å². The van der Waals surface area contributed by atoms with Gasteiger partial charge in [0.2, 0.25) is 0 Å². The van der Waals surface area contributed by atoms with E-state index in [1.807, 2.05) is 6.92 Å². The molecule has 0 aromatic carbocycles. The van der Waals surface area contributed by atoms with E-state index in [0.29, 0.717) is 13.1 Å². The molecule has 108 valence electrons. The topological polar surface area (TPSA) is 72.7 Å². The van der Waals surface area contributed by atoms with Crippen LogP contribution in [0, 0.1) is 11.3 Å². The highest BCUT2D eigenvalue weighted by molar-refractivity contribution is 4.88. The Balaban J connectivity index is 2.31. The molecule has 0 amide bonds. The Labute approximate surface area is 110 Å². The molecule has 0 aliphatic heterocycles. The van der Waals surface area contributed by atoms with Gasteiger partial charge in [0.05, 0.1) is 18.8 Å². The quantitative estimate of drug-likeness (QED) is 0.548. The zero-order chi connectivity index (χ0) is 13.6. The number of hydrogen-bond donors (Lipinski definition) is 4. The second-order valence-electron chi connectivity index (χ2n) is 6.31. The molecule has 4 heteroatoms. The zero-order valence-corrected chi connectivity index (χ0v) is 11.8. The average molecular weight is 259 g/mol. The fraction of sp³-hybridized carbons (Fsp3) is 1.00. The van der Waals surface area contributed by atoms with E-state index in [1.54, 1.807) is 0 Å². The second kappa shape index (κ2) is 6.85. The Morgan fingerprint density at radius 2 is 1.78 bits per heavy atom. The van der Waals surface area contributed by atoms with Crippen LogP contribution in [0.3, 0.4) is 0 Å². The molecule has 0 aromatic rings. The first-order chi connectivity index (χ1) is 8.47. The molecule has 1 aliphatic rings. The summed E-state index contributed by atoms with van der Waals surface area (Å²) in [5.74, 6) is 0.769. The lowest BCUT2D eigenvalue weighted by molar-refractivity contribution is -0.0136. The van der Waals surface area contributed by atoms with Crippen molar-refractivity contribution in [3.05, 3.63) is 0 Å². The predicted octanol–water partition coefficient (Wildman–Crippen LogP) is 0.898. The van der Waals surface area contributed by atoms with Crippen molar-refractivity contribution in [3.8, 4) is 0 Å². The van der Waals surface area contributed by atoms with Crippen LogP contribution in [0.2, 0.25) is 0 Å². The number of nitrogens with one attached hydrogen (secondary N) is 1. The maximum Gasteiger partial charge on any atom is 0.0771 e. The van der Waals surface area contributed by atoms with Crippen LogP contribution in [0.1, 0.15) is 46.0 Å². The Morgan fingerprint density at radius 3 is 2.22 bits per heavy atom. The Morgan fingerprint density at radius 1 is 1.22 bits per heavy atom. The van der Waals surface area contributed by atoms with Gasteiger partial charge in [0, 0.05) is 18.5 Å². The van der Waals surface area contributed by atoms with E-state index in [-0.39, 0.29) is 13.2 Å². The van der Waals surface area contributed by atoms with Crippen LogP contribution < -0.4 is 5.32 Å². The largest absolute Gasteiger partial charge is 0.396 e. The van der Waals surface area contributed by atoms with Crippen molar-refractivity contribution in [2.75, 3.05) is 26.3 Å². The average Bonchev–Trinajstić information content (AvgIpc) is 2.39. The molecule has 4 nitrogen and oxygen atoms in total. The molecule has 0 aromatic heterocycles. The number of rotatable bonds is 7. The van der Waals surface area contributed by atoms with Crippen molar-refractivity contribution in [2.24, 2.45) is 11.3 Å². The number of aliphatic hydroxyl groups is 3. The van der Waals surface area contributed by atoms with E-state index in [1.165, 1.54) is 6.42 Å². The van der Waals surface area contributed by atoms with Gasteiger partial charge in [-0.05, 0) is 31.6 Å². The monoisotopic (exact) mass is 259 g/mol. The lowest BCUT2D eigenvalue weighted by Gasteiger charge is -2.37. The smallest absolute Gasteiger partial charge is 0.0771 e. The summed E-state index contributed by atoms with van der Waals surface area (Å²) < 4.78 is 0. The minimum absolute atomic E-state index is 0.0488. The molecule has 0 bridgehead atoms. The van der Waals surface area contributed by atoms with Crippen molar-refractivity contribution in [3.63, 3.8) is 0 Å². The summed E-state index contributed by atoms with van der Waals surface area (Å²) in [7, 11) is 0.